The fourth-order valence-electron chi connectivity index (χ4n) is 1.64. The van der Waals surface area contributed by atoms with Crippen LogP contribution in [0, 0.1) is 10.1 Å². The second-order valence-corrected chi connectivity index (χ2v) is 4.16. The van der Waals surface area contributed by atoms with E-state index in [4.69, 9.17) is 21.1 Å². The summed E-state index contributed by atoms with van der Waals surface area (Å²) in [5.41, 5.74) is -0.313. The highest BCUT2D eigenvalue weighted by atomic mass is 35.5. The Morgan fingerprint density at radius 2 is 2.33 bits per heavy atom. The normalized spacial score (nSPS) is 18.6. The number of hydrogen-bond acceptors (Lipinski definition) is 5. The highest BCUT2D eigenvalue weighted by Crippen LogP contribution is 2.28. The number of carbonyl (C=O) groups is 1. The third-order valence-corrected chi connectivity index (χ3v) is 2.95. The molecule has 0 aromatic heterocycles. The molecule has 0 aliphatic carbocycles. The van der Waals surface area contributed by atoms with E-state index in [0.29, 0.717) is 19.6 Å². The molecule has 96 valence electrons. The number of halogens is 1. The first-order valence-electron chi connectivity index (χ1n) is 5.31. The van der Waals surface area contributed by atoms with Gasteiger partial charge in [0.1, 0.15) is 11.1 Å². The monoisotopic (exact) mass is 271 g/mol. The van der Waals surface area contributed by atoms with Crippen molar-refractivity contribution in [2.24, 2.45) is 0 Å². The molecule has 2 rings (SSSR count). The summed E-state index contributed by atoms with van der Waals surface area (Å²) in [7, 11) is 0. The molecule has 0 N–H and O–H groups in total. The van der Waals surface area contributed by atoms with Crippen molar-refractivity contribution in [1.82, 2.24) is 0 Å². The fraction of sp³-hybridized carbons (Fsp3) is 0.364. The number of hydrogen-bond donors (Lipinski definition) is 0. The zero-order valence-corrected chi connectivity index (χ0v) is 10.1. The Morgan fingerprint density at radius 1 is 1.56 bits per heavy atom. The first-order chi connectivity index (χ1) is 8.59. The van der Waals surface area contributed by atoms with Crippen molar-refractivity contribution in [3.8, 4) is 0 Å². The second-order valence-electron chi connectivity index (χ2n) is 3.79. The lowest BCUT2D eigenvalue weighted by atomic mass is 10.2. The molecule has 1 saturated heterocycles. The molecular formula is C11H10ClNO5. The summed E-state index contributed by atoms with van der Waals surface area (Å²) < 4.78 is 10.2. The topological polar surface area (TPSA) is 78.7 Å². The molecule has 1 aliphatic rings. The third-order valence-electron chi connectivity index (χ3n) is 2.56. The lowest BCUT2D eigenvalue weighted by Gasteiger charge is -2.10. The number of nitrogens with zero attached hydrogens (tertiary/aromatic N) is 1. The Balaban J connectivity index is 2.19. The van der Waals surface area contributed by atoms with E-state index in [9.17, 15) is 14.9 Å². The highest BCUT2D eigenvalue weighted by molar-refractivity contribution is 6.35. The molecule has 1 atom stereocenters. The number of carbonyl (C=O) groups excluding carboxylic acids is 1. The molecule has 1 aromatic rings. The van der Waals surface area contributed by atoms with Gasteiger partial charge in [-0.1, -0.05) is 17.7 Å². The van der Waals surface area contributed by atoms with Gasteiger partial charge >= 0.3 is 5.97 Å². The lowest BCUT2D eigenvalue weighted by Crippen LogP contribution is -2.18. The zero-order chi connectivity index (χ0) is 13.1. The molecule has 1 unspecified atom stereocenters. The molecule has 1 aromatic carbocycles. The van der Waals surface area contributed by atoms with Gasteiger partial charge in [0.05, 0.1) is 23.7 Å². The molecule has 1 aliphatic heterocycles. The van der Waals surface area contributed by atoms with Crippen LogP contribution in [-0.4, -0.2) is 30.2 Å². The molecule has 18 heavy (non-hydrogen) atoms. The summed E-state index contributed by atoms with van der Waals surface area (Å²) in [6, 6.07) is 4.02. The van der Waals surface area contributed by atoms with Gasteiger partial charge in [0.25, 0.3) is 5.69 Å². The molecule has 1 fully saturated rings. The van der Waals surface area contributed by atoms with Crippen LogP contribution in [0.3, 0.4) is 0 Å². The van der Waals surface area contributed by atoms with Crippen molar-refractivity contribution in [1.29, 1.82) is 0 Å². The van der Waals surface area contributed by atoms with E-state index in [1.807, 2.05) is 0 Å². The fourth-order valence-corrected chi connectivity index (χ4v) is 1.91. The molecule has 0 radical (unpaired) electrons. The smallest absolute Gasteiger partial charge is 0.340 e. The number of esters is 1. The van der Waals surface area contributed by atoms with Gasteiger partial charge in [-0.2, -0.15) is 0 Å². The Morgan fingerprint density at radius 3 is 2.94 bits per heavy atom. The minimum Gasteiger partial charge on any atom is -0.456 e. The Bertz CT molecular complexity index is 484. The van der Waals surface area contributed by atoms with Crippen LogP contribution < -0.4 is 0 Å². The summed E-state index contributed by atoms with van der Waals surface area (Å²) in [6.45, 7) is 0.888. The number of nitro groups is 1. The molecule has 0 spiro atoms. The molecule has 0 saturated carbocycles. The summed E-state index contributed by atoms with van der Waals surface area (Å²) in [5, 5.41) is 10.5. The Labute approximate surface area is 108 Å². The SMILES string of the molecule is O=C(OC1CCOC1)c1cccc([N+](=O)[O-])c1Cl. The predicted octanol–water partition coefficient (Wildman–Crippen LogP) is 2.19. The van der Waals surface area contributed by atoms with Crippen molar-refractivity contribution in [2.45, 2.75) is 12.5 Å². The minimum absolute atomic E-state index is 0.00207. The van der Waals surface area contributed by atoms with Gasteiger partial charge in [-0.05, 0) is 6.07 Å². The molecule has 1 heterocycles. The first-order valence-corrected chi connectivity index (χ1v) is 5.69. The van der Waals surface area contributed by atoms with Crippen molar-refractivity contribution >= 4 is 23.3 Å². The molecule has 6 nitrogen and oxygen atoms in total. The average Bonchev–Trinajstić information content (AvgIpc) is 2.81. The maximum atomic E-state index is 11.8. The van der Waals surface area contributed by atoms with Gasteiger partial charge in [-0.3, -0.25) is 10.1 Å². The van der Waals surface area contributed by atoms with Crippen molar-refractivity contribution in [3.05, 3.63) is 38.9 Å². The van der Waals surface area contributed by atoms with Crippen molar-refractivity contribution < 1.29 is 19.2 Å². The van der Waals surface area contributed by atoms with E-state index in [1.54, 1.807) is 0 Å². The quantitative estimate of drug-likeness (QED) is 0.478. The highest BCUT2D eigenvalue weighted by Gasteiger charge is 2.25. The summed E-state index contributed by atoms with van der Waals surface area (Å²) in [6.07, 6.45) is 0.311. The number of ether oxygens (including phenoxy) is 2. The van der Waals surface area contributed by atoms with Crippen LogP contribution in [0.1, 0.15) is 16.8 Å². The molecular weight excluding hydrogens is 262 g/mol. The van der Waals surface area contributed by atoms with E-state index in [0.717, 1.165) is 0 Å². The van der Waals surface area contributed by atoms with E-state index in [2.05, 4.69) is 0 Å². The van der Waals surface area contributed by atoms with Crippen molar-refractivity contribution in [3.63, 3.8) is 0 Å². The molecule has 0 amide bonds. The number of benzene rings is 1. The standard InChI is InChI=1S/C11H10ClNO5/c12-10-8(2-1-3-9(10)13(15)16)11(14)18-7-4-5-17-6-7/h1-3,7H,4-6H2. The van der Waals surface area contributed by atoms with Gasteiger partial charge in [-0.25, -0.2) is 4.79 Å². The zero-order valence-electron chi connectivity index (χ0n) is 9.30. The van der Waals surface area contributed by atoms with Crippen LogP contribution in [0.5, 0.6) is 0 Å². The Hall–Kier alpha value is -1.66. The van der Waals surface area contributed by atoms with Gasteiger partial charge in [0, 0.05) is 12.5 Å². The van der Waals surface area contributed by atoms with Crippen LogP contribution >= 0.6 is 11.6 Å². The van der Waals surface area contributed by atoms with Crippen LogP contribution in [-0.2, 0) is 9.47 Å². The maximum Gasteiger partial charge on any atom is 0.340 e. The van der Waals surface area contributed by atoms with Gasteiger partial charge in [-0.15, -0.1) is 0 Å². The largest absolute Gasteiger partial charge is 0.456 e. The van der Waals surface area contributed by atoms with E-state index >= 15 is 0 Å². The van der Waals surface area contributed by atoms with Crippen molar-refractivity contribution in [2.75, 3.05) is 13.2 Å². The number of nitro benzene ring substituents is 1. The van der Waals surface area contributed by atoms with Crippen LogP contribution in [0.2, 0.25) is 5.02 Å². The van der Waals surface area contributed by atoms with Crippen LogP contribution in [0.4, 0.5) is 5.69 Å². The summed E-state index contributed by atoms with van der Waals surface area (Å²) in [5.74, 6) is -0.667. The predicted molar refractivity (Wildman–Crippen MR) is 62.7 cm³/mol. The maximum absolute atomic E-state index is 11.8. The van der Waals surface area contributed by atoms with E-state index in [-0.39, 0.29) is 22.4 Å². The third kappa shape index (κ3) is 2.60. The minimum atomic E-state index is -0.667. The molecule has 7 heteroatoms. The van der Waals surface area contributed by atoms with Crippen LogP contribution in [0.25, 0.3) is 0 Å². The summed E-state index contributed by atoms with van der Waals surface area (Å²) >= 11 is 5.81. The Kier molecular flexibility index (Phi) is 3.78. The molecule has 0 bridgehead atoms. The first kappa shape index (κ1) is 12.8. The van der Waals surface area contributed by atoms with Crippen LogP contribution in [0.15, 0.2) is 18.2 Å². The van der Waals surface area contributed by atoms with Gasteiger partial charge in [0.2, 0.25) is 0 Å². The van der Waals surface area contributed by atoms with Gasteiger partial charge < -0.3 is 9.47 Å². The van der Waals surface area contributed by atoms with E-state index in [1.165, 1.54) is 18.2 Å². The van der Waals surface area contributed by atoms with Gasteiger partial charge in [0.15, 0.2) is 0 Å². The second kappa shape index (κ2) is 5.32. The lowest BCUT2D eigenvalue weighted by molar-refractivity contribution is -0.384. The number of rotatable bonds is 3. The van der Waals surface area contributed by atoms with E-state index < -0.39 is 10.9 Å². The average molecular weight is 272 g/mol. The summed E-state index contributed by atoms with van der Waals surface area (Å²) in [4.78, 5) is 21.9.